The van der Waals surface area contributed by atoms with Crippen molar-refractivity contribution in [3.63, 3.8) is 0 Å². The molecule has 3 rings (SSSR count). The molecule has 2 heterocycles. The largest absolute Gasteiger partial charge is 0.513 e. The SMILES string of the molecule is N=C(N)NCCC[C@@H](NC(=O)[C@@H](CCCNC(=N)N)NC(=O)[C@@H](CCCNC(=N)N)NC(=O)[C@@H](CCCNC(=N)N)NC(=O)[C@@H](CCCNC(=N)N)NC(=O)[C@@H](CCCNC(=N)N)NC(=O)[C@@H](CCCNC(=N)N)NC(=O)[C@@H](CCCNC(=N)N)NC(=O)[C@H](N)CSSCCCCOC(=O)Oc1ccc2nc(C3=N[C@@H](C(=O)O)CS3)sc2c1)C(N)=O. The van der Waals surface area contributed by atoms with Gasteiger partial charge in [-0.2, -0.15) is 0 Å². The Morgan fingerprint density at radius 1 is 0.430 bits per heavy atom. The molecule has 45 N–H and O–H groups in total. The van der Waals surface area contributed by atoms with E-state index in [9.17, 15) is 57.8 Å². The highest BCUT2D eigenvalue weighted by atomic mass is 33.1. The first-order valence-corrected chi connectivity index (χ1v) is 42.8. The van der Waals surface area contributed by atoms with Crippen molar-refractivity contribution in [1.29, 1.82) is 43.3 Å². The summed E-state index contributed by atoms with van der Waals surface area (Å²) in [5.41, 5.74) is 56.8. The number of nitrogens with zero attached hydrogens (tertiary/aromatic N) is 2. The van der Waals surface area contributed by atoms with E-state index in [4.69, 9.17) is 110 Å². The lowest BCUT2D eigenvalue weighted by atomic mass is 10.0. The summed E-state index contributed by atoms with van der Waals surface area (Å²) < 4.78 is 11.3. The third-order valence-corrected chi connectivity index (χ3v) is 21.9. The topological polar surface area (TPSA) is 895 Å². The molecule has 0 saturated carbocycles. The summed E-state index contributed by atoms with van der Waals surface area (Å²) in [7, 11) is 2.64. The Morgan fingerprint density at radius 3 is 1.03 bits per heavy atom. The number of hydrogen-bond donors (Lipinski definition) is 35. The van der Waals surface area contributed by atoms with Crippen LogP contribution in [0.3, 0.4) is 0 Å². The maximum atomic E-state index is 14.9. The van der Waals surface area contributed by atoms with Crippen molar-refractivity contribution < 1.29 is 67.3 Å². The van der Waals surface area contributed by atoms with Crippen molar-refractivity contribution in [2.45, 2.75) is 176 Å². The number of unbranched alkanes of at least 4 members (excludes halogenated alkanes) is 1. The van der Waals surface area contributed by atoms with Crippen LogP contribution in [0.5, 0.6) is 5.75 Å². The first-order valence-electron chi connectivity index (χ1n) is 38.5. The molecule has 2 aromatic rings. The summed E-state index contributed by atoms with van der Waals surface area (Å²) in [4.78, 5) is 162. The number of benzene rings is 1. The molecule has 0 fully saturated rings. The van der Waals surface area contributed by atoms with Crippen molar-refractivity contribution in [2.24, 2.45) is 62.3 Å². The van der Waals surface area contributed by atoms with E-state index in [1.54, 1.807) is 18.2 Å². The number of carbonyl (C=O) groups is 11. The molecule has 1 aromatic carbocycles. The van der Waals surface area contributed by atoms with Crippen molar-refractivity contribution in [3.05, 3.63) is 23.2 Å². The molecular formula is C67H118N36O14S4. The van der Waals surface area contributed by atoms with Crippen LogP contribution in [-0.2, 0) is 52.7 Å². The highest BCUT2D eigenvalue weighted by Crippen LogP contribution is 2.32. The minimum absolute atomic E-state index is 0.00160. The number of nitrogens with two attached hydrogens (primary N) is 10. The summed E-state index contributed by atoms with van der Waals surface area (Å²) in [5.74, 6) is -11.6. The number of aromatic nitrogens is 1. The number of carboxylic acid groups (broad SMARTS) is 1. The number of carbonyl (C=O) groups excluding carboxylic acids is 10. The number of rotatable bonds is 60. The summed E-state index contributed by atoms with van der Waals surface area (Å²) in [6.07, 6.45) is -0.674. The van der Waals surface area contributed by atoms with Crippen LogP contribution in [0, 0.1) is 43.3 Å². The van der Waals surface area contributed by atoms with Crippen molar-refractivity contribution in [3.8, 4) is 5.75 Å². The van der Waals surface area contributed by atoms with Crippen LogP contribution in [0.1, 0.15) is 121 Å². The second-order valence-electron chi connectivity index (χ2n) is 27.1. The fourth-order valence-corrected chi connectivity index (χ4v) is 15.4. The first-order chi connectivity index (χ1) is 57.4. The number of amides is 9. The van der Waals surface area contributed by atoms with Gasteiger partial charge in [-0.25, -0.2) is 14.6 Å². The van der Waals surface area contributed by atoms with Gasteiger partial charge >= 0.3 is 12.1 Å². The normalized spacial score (nSPS) is 14.3. The van der Waals surface area contributed by atoms with Crippen molar-refractivity contribution >= 4 is 173 Å². The predicted octanol–water partition coefficient (Wildman–Crippen LogP) is -7.28. The minimum Gasteiger partial charge on any atom is -0.480 e. The highest BCUT2D eigenvalue weighted by molar-refractivity contribution is 8.76. The Balaban J connectivity index is 1.91. The van der Waals surface area contributed by atoms with Crippen molar-refractivity contribution in [1.82, 2.24) is 90.1 Å². The molecule has 54 heteroatoms. The lowest BCUT2D eigenvalue weighted by Gasteiger charge is -2.28. The summed E-state index contributed by atoms with van der Waals surface area (Å²) in [6, 6.07) is -9.10. The molecule has 0 spiro atoms. The summed E-state index contributed by atoms with van der Waals surface area (Å²) >= 11 is 2.57. The van der Waals surface area contributed by atoms with E-state index < -0.39 is 161 Å². The number of guanidine groups is 8. The molecule has 0 radical (unpaired) electrons. The Labute approximate surface area is 713 Å². The molecular weight excluding hydrogens is 1660 g/mol. The van der Waals surface area contributed by atoms with Crippen molar-refractivity contribution in [2.75, 3.05) is 76.2 Å². The van der Waals surface area contributed by atoms with Crippen LogP contribution in [0.15, 0.2) is 23.2 Å². The Morgan fingerprint density at radius 2 is 0.736 bits per heavy atom. The van der Waals surface area contributed by atoms with Gasteiger partial charge in [-0.05, 0) is 128 Å². The molecule has 0 bridgehead atoms. The number of thioether (sulfide) groups is 1. The van der Waals surface area contributed by atoms with E-state index in [0.29, 0.717) is 44.6 Å². The number of hydrogen-bond acceptors (Lipinski definition) is 28. The second kappa shape index (κ2) is 57.2. The number of nitrogens with one attached hydrogen (secondary N) is 24. The van der Waals surface area contributed by atoms with Gasteiger partial charge in [0.05, 0.1) is 22.9 Å². The Bertz CT molecular complexity index is 3900. The third kappa shape index (κ3) is 44.5. The summed E-state index contributed by atoms with van der Waals surface area (Å²) in [5, 5.41) is 114. The van der Waals surface area contributed by atoms with Gasteiger partial charge in [0.25, 0.3) is 0 Å². The van der Waals surface area contributed by atoms with E-state index in [-0.39, 0.29) is 185 Å². The zero-order chi connectivity index (χ0) is 89.9. The van der Waals surface area contributed by atoms with Gasteiger partial charge in [-0.1, -0.05) is 21.6 Å². The molecule has 1 aromatic heterocycles. The predicted molar refractivity (Wildman–Crippen MR) is 462 cm³/mol. The van der Waals surface area contributed by atoms with Crippen LogP contribution < -0.4 is 147 Å². The number of aliphatic carboxylic acids is 1. The van der Waals surface area contributed by atoms with Crippen LogP contribution in [0.25, 0.3) is 10.2 Å². The summed E-state index contributed by atoms with van der Waals surface area (Å²) in [6.45, 7) is 0.200. The fraction of sp³-hybridized carbons (Fsp3) is 0.597. The molecule has 121 heavy (non-hydrogen) atoms. The molecule has 674 valence electrons. The number of carboxylic acids is 1. The maximum Gasteiger partial charge on any atom is 0.513 e. The van der Waals surface area contributed by atoms with Gasteiger partial charge in [-0.3, -0.25) is 91.4 Å². The van der Waals surface area contributed by atoms with Crippen LogP contribution in [0.2, 0.25) is 0 Å². The lowest BCUT2D eigenvalue weighted by molar-refractivity contribution is -0.138. The van der Waals surface area contributed by atoms with E-state index in [2.05, 4.69) is 95.0 Å². The van der Waals surface area contributed by atoms with Crippen LogP contribution in [0.4, 0.5) is 4.79 Å². The average Bonchev–Trinajstić information content (AvgIpc) is 1.66. The second-order valence-corrected chi connectivity index (χ2v) is 31.8. The molecule has 0 saturated heterocycles. The monoisotopic (exact) mass is 1780 g/mol. The Kier molecular flexibility index (Phi) is 48.7. The Hall–Kier alpha value is -12.1. The maximum absolute atomic E-state index is 14.9. The van der Waals surface area contributed by atoms with Gasteiger partial charge in [-0.15, -0.1) is 23.1 Å². The van der Waals surface area contributed by atoms with Gasteiger partial charge in [0, 0.05) is 75.7 Å². The van der Waals surface area contributed by atoms with Gasteiger partial charge in [0.2, 0.25) is 53.2 Å². The van der Waals surface area contributed by atoms with E-state index in [1.807, 2.05) is 0 Å². The minimum atomic E-state index is -1.60. The number of ether oxygens (including phenoxy) is 2. The standard InChI is InChI=1S/C67H118N36O14S4/c68-35(32-120-119-30-2-1-29-116-67(115)117-34-19-20-36-46(31-34)121-57(102-36)56-103-45(33-118-56)58(113)114)48(105)95-38(12-4-22-87-60(72)73)50(107)97-40(14-6-24-89-62(76)77)52(109)99-42(16-8-26-91-64(80)81)54(111)101-44(18-10-28-93-66(84)85)55(112)100-43(17-9-27-92-65(82)83)53(110)98-41(15-7-25-90-63(78)79)51(108)96-39(13-5-23-88-61(74)75)49(106)94-37(47(69)104)11-3-21-86-59(70)71/h19-20,31,35,37-45H,1-18,21-30,32-33,68H2,(H2,69,104)(H,94,106)(H,95,105)(H,96,108)(H,97,107)(H,98,110)(H,99,109)(H,100,112)(H,101,111)(H,113,114)(H4,70,71,86)(H4,72,73,87)(H4,74,75,88)(H4,76,77,89)(H4,78,79,90)(H4,80,81,91)(H4,82,83,92)(H4,84,85,93)/t35-,37-,38-,39-,40-,41-,42-,43-,44-,45-/m1/s1. The molecule has 1 aliphatic heterocycles. The number of aliphatic imine (C=N–C) groups is 1. The zero-order valence-electron chi connectivity index (χ0n) is 66.8. The average molecular weight is 1780 g/mol. The molecule has 50 nitrogen and oxygen atoms in total. The van der Waals surface area contributed by atoms with Gasteiger partial charge in [0.1, 0.15) is 64.1 Å². The third-order valence-electron chi connectivity index (χ3n) is 17.2. The zero-order valence-corrected chi connectivity index (χ0v) is 70.0. The molecule has 1 aliphatic rings. The molecule has 10 atom stereocenters. The van der Waals surface area contributed by atoms with E-state index >= 15 is 0 Å². The number of fused-ring (bicyclic) bond motifs is 1. The fourth-order valence-electron chi connectivity index (χ4n) is 11.1. The first kappa shape index (κ1) is 103. The van der Waals surface area contributed by atoms with E-state index in [0.717, 1.165) is 0 Å². The molecule has 0 unspecified atom stereocenters. The highest BCUT2D eigenvalue weighted by Gasteiger charge is 2.36. The molecule has 9 amide bonds. The molecule has 0 aliphatic carbocycles. The van der Waals surface area contributed by atoms with Gasteiger partial charge in [0.15, 0.2) is 53.7 Å². The lowest BCUT2D eigenvalue weighted by Crippen LogP contribution is -2.60. The number of thiazole rings is 1. The van der Waals surface area contributed by atoms with E-state index in [1.165, 1.54) is 44.7 Å². The smallest absolute Gasteiger partial charge is 0.480 e. The van der Waals surface area contributed by atoms with Crippen LogP contribution >= 0.6 is 44.7 Å². The van der Waals surface area contributed by atoms with Gasteiger partial charge < -0.3 is 157 Å². The number of primary amides is 1. The van der Waals surface area contributed by atoms with Crippen LogP contribution in [-0.4, -0.2) is 265 Å². The quantitative estimate of drug-likeness (QED) is 0.00731.